The number of nitrogens with zero attached hydrogens (tertiary/aromatic N) is 2. The van der Waals surface area contributed by atoms with Crippen molar-refractivity contribution in [3.05, 3.63) is 72.4 Å². The minimum Gasteiger partial charge on any atom is -0.497 e. The van der Waals surface area contributed by atoms with Crippen molar-refractivity contribution in [3.8, 4) is 22.8 Å². The van der Waals surface area contributed by atoms with Crippen molar-refractivity contribution in [2.45, 2.75) is 6.54 Å². The van der Waals surface area contributed by atoms with E-state index in [1.807, 2.05) is 42.5 Å². The molecule has 4 aromatic rings. The van der Waals surface area contributed by atoms with Gasteiger partial charge in [0.1, 0.15) is 11.5 Å². The Balaban J connectivity index is 1.65. The second-order valence-electron chi connectivity index (χ2n) is 7.01. The molecule has 162 valence electrons. The lowest BCUT2D eigenvalue weighted by atomic mass is 10.0. The summed E-state index contributed by atoms with van der Waals surface area (Å²) >= 11 is 0. The molecule has 8 nitrogen and oxygen atoms in total. The standard InChI is InChI=1S/C24H22N4O4/c1-31-18-5-3-4-15(10-18)14-26-23-25-9-8-21(27-23)17-11-16-6-7-19(32-2)13-20(16)22(12-17)28-24(29)30/h3-13,28H,14H2,1-2H3,(H,29,30)(H,25,26,27). The van der Waals surface area contributed by atoms with E-state index in [1.54, 1.807) is 38.6 Å². The molecular weight excluding hydrogens is 408 g/mol. The molecule has 3 aromatic carbocycles. The Hall–Kier alpha value is -4.33. The fraction of sp³-hybridized carbons (Fsp3) is 0.125. The molecule has 8 heteroatoms. The van der Waals surface area contributed by atoms with E-state index in [-0.39, 0.29) is 0 Å². The summed E-state index contributed by atoms with van der Waals surface area (Å²) in [6.07, 6.45) is 0.522. The summed E-state index contributed by atoms with van der Waals surface area (Å²) in [5.74, 6) is 1.89. The maximum atomic E-state index is 11.3. The van der Waals surface area contributed by atoms with Crippen LogP contribution in [0.15, 0.2) is 66.9 Å². The number of aromatic nitrogens is 2. The fourth-order valence-electron chi connectivity index (χ4n) is 3.40. The number of hydrogen-bond donors (Lipinski definition) is 3. The van der Waals surface area contributed by atoms with Crippen molar-refractivity contribution in [2.75, 3.05) is 24.9 Å². The Morgan fingerprint density at radius 1 is 1.00 bits per heavy atom. The molecule has 0 atom stereocenters. The van der Waals surface area contributed by atoms with Gasteiger partial charge in [-0.25, -0.2) is 14.8 Å². The molecule has 0 radical (unpaired) electrons. The second-order valence-corrected chi connectivity index (χ2v) is 7.01. The first-order valence-corrected chi connectivity index (χ1v) is 9.87. The molecule has 0 saturated carbocycles. The summed E-state index contributed by atoms with van der Waals surface area (Å²) in [7, 11) is 3.20. The normalized spacial score (nSPS) is 10.6. The Labute approximate surface area is 184 Å². The van der Waals surface area contributed by atoms with Crippen molar-refractivity contribution < 1.29 is 19.4 Å². The van der Waals surface area contributed by atoms with Gasteiger partial charge < -0.3 is 19.9 Å². The second kappa shape index (κ2) is 9.22. The van der Waals surface area contributed by atoms with Crippen LogP contribution in [-0.4, -0.2) is 35.4 Å². The minimum atomic E-state index is -1.14. The predicted octanol–water partition coefficient (Wildman–Crippen LogP) is 5.02. The van der Waals surface area contributed by atoms with Crippen LogP contribution in [0.5, 0.6) is 11.5 Å². The van der Waals surface area contributed by atoms with Gasteiger partial charge in [-0.3, -0.25) is 5.32 Å². The zero-order chi connectivity index (χ0) is 22.5. The maximum Gasteiger partial charge on any atom is 0.409 e. The number of methoxy groups -OCH3 is 2. The molecule has 1 heterocycles. The van der Waals surface area contributed by atoms with Crippen molar-refractivity contribution in [2.24, 2.45) is 0 Å². The Kier molecular flexibility index (Phi) is 6.03. The first-order chi connectivity index (χ1) is 15.6. The van der Waals surface area contributed by atoms with Gasteiger partial charge in [-0.05, 0) is 53.4 Å². The van der Waals surface area contributed by atoms with Crippen LogP contribution in [0.3, 0.4) is 0 Å². The van der Waals surface area contributed by atoms with E-state index in [0.29, 0.717) is 29.6 Å². The van der Waals surface area contributed by atoms with Crippen LogP contribution in [0.25, 0.3) is 22.0 Å². The van der Waals surface area contributed by atoms with Crippen molar-refractivity contribution in [1.82, 2.24) is 9.97 Å². The molecule has 0 unspecified atom stereocenters. The minimum absolute atomic E-state index is 0.452. The molecule has 0 aliphatic heterocycles. The Morgan fingerprint density at radius 3 is 2.59 bits per heavy atom. The average molecular weight is 430 g/mol. The van der Waals surface area contributed by atoms with Crippen LogP contribution < -0.4 is 20.1 Å². The molecule has 3 N–H and O–H groups in total. The van der Waals surface area contributed by atoms with E-state index in [4.69, 9.17) is 9.47 Å². The van der Waals surface area contributed by atoms with E-state index in [9.17, 15) is 9.90 Å². The third-order valence-electron chi connectivity index (χ3n) is 4.94. The van der Waals surface area contributed by atoms with Crippen LogP contribution in [-0.2, 0) is 6.54 Å². The van der Waals surface area contributed by atoms with E-state index in [1.165, 1.54) is 0 Å². The average Bonchev–Trinajstić information content (AvgIpc) is 2.82. The van der Waals surface area contributed by atoms with Gasteiger partial charge in [0.25, 0.3) is 0 Å². The highest BCUT2D eigenvalue weighted by Gasteiger charge is 2.11. The third-order valence-corrected chi connectivity index (χ3v) is 4.94. The van der Waals surface area contributed by atoms with Gasteiger partial charge >= 0.3 is 6.09 Å². The van der Waals surface area contributed by atoms with Crippen molar-refractivity contribution in [3.63, 3.8) is 0 Å². The zero-order valence-electron chi connectivity index (χ0n) is 17.6. The zero-order valence-corrected chi connectivity index (χ0v) is 17.6. The Bertz CT molecular complexity index is 1280. The van der Waals surface area contributed by atoms with Crippen molar-refractivity contribution >= 4 is 28.5 Å². The van der Waals surface area contributed by atoms with Gasteiger partial charge in [0.2, 0.25) is 5.95 Å². The number of benzene rings is 3. The molecule has 4 rings (SSSR count). The quantitative estimate of drug-likeness (QED) is 0.378. The van der Waals surface area contributed by atoms with E-state index in [0.717, 1.165) is 27.6 Å². The summed E-state index contributed by atoms with van der Waals surface area (Å²) < 4.78 is 10.5. The van der Waals surface area contributed by atoms with E-state index in [2.05, 4.69) is 20.6 Å². The molecule has 1 aromatic heterocycles. The Morgan fingerprint density at radius 2 is 1.81 bits per heavy atom. The lowest BCUT2D eigenvalue weighted by Gasteiger charge is -2.12. The monoisotopic (exact) mass is 430 g/mol. The third kappa shape index (κ3) is 4.70. The highest BCUT2D eigenvalue weighted by molar-refractivity contribution is 6.02. The summed E-state index contributed by atoms with van der Waals surface area (Å²) in [5.41, 5.74) is 2.91. The predicted molar refractivity (Wildman–Crippen MR) is 123 cm³/mol. The van der Waals surface area contributed by atoms with Crippen LogP contribution in [0.1, 0.15) is 5.56 Å². The van der Waals surface area contributed by atoms with Gasteiger partial charge in [0, 0.05) is 23.7 Å². The molecule has 32 heavy (non-hydrogen) atoms. The van der Waals surface area contributed by atoms with Gasteiger partial charge in [0.15, 0.2) is 0 Å². The molecule has 0 aliphatic rings. The smallest absolute Gasteiger partial charge is 0.409 e. The van der Waals surface area contributed by atoms with Gasteiger partial charge in [-0.15, -0.1) is 0 Å². The van der Waals surface area contributed by atoms with Crippen LogP contribution in [0.4, 0.5) is 16.4 Å². The highest BCUT2D eigenvalue weighted by atomic mass is 16.5. The molecule has 0 bridgehead atoms. The molecule has 1 amide bonds. The van der Waals surface area contributed by atoms with Crippen LogP contribution in [0.2, 0.25) is 0 Å². The van der Waals surface area contributed by atoms with E-state index < -0.39 is 6.09 Å². The van der Waals surface area contributed by atoms with Crippen molar-refractivity contribution in [1.29, 1.82) is 0 Å². The summed E-state index contributed by atoms with van der Waals surface area (Å²) in [6.45, 7) is 0.532. The number of amides is 1. The lowest BCUT2D eigenvalue weighted by Crippen LogP contribution is -2.08. The largest absolute Gasteiger partial charge is 0.497 e. The summed E-state index contributed by atoms with van der Waals surface area (Å²) in [6, 6.07) is 18.7. The van der Waals surface area contributed by atoms with Gasteiger partial charge in [-0.2, -0.15) is 0 Å². The summed E-state index contributed by atoms with van der Waals surface area (Å²) in [4.78, 5) is 20.3. The van der Waals surface area contributed by atoms with Crippen LogP contribution >= 0.6 is 0 Å². The van der Waals surface area contributed by atoms with Crippen LogP contribution in [0, 0.1) is 0 Å². The summed E-state index contributed by atoms with van der Waals surface area (Å²) in [5, 5.41) is 16.6. The fourth-order valence-corrected chi connectivity index (χ4v) is 3.40. The molecule has 0 saturated heterocycles. The van der Waals surface area contributed by atoms with Gasteiger partial charge in [-0.1, -0.05) is 18.2 Å². The molecule has 0 fully saturated rings. The maximum absolute atomic E-state index is 11.3. The number of ether oxygens (including phenoxy) is 2. The highest BCUT2D eigenvalue weighted by Crippen LogP contribution is 2.33. The number of rotatable bonds is 7. The number of carboxylic acid groups (broad SMARTS) is 1. The number of nitrogens with one attached hydrogen (secondary N) is 2. The first kappa shape index (κ1) is 20.9. The number of anilines is 2. The molecule has 0 aliphatic carbocycles. The molecule has 0 spiro atoms. The number of fused-ring (bicyclic) bond motifs is 1. The lowest BCUT2D eigenvalue weighted by molar-refractivity contribution is 0.210. The molecular formula is C24H22N4O4. The number of hydrogen-bond acceptors (Lipinski definition) is 6. The first-order valence-electron chi connectivity index (χ1n) is 9.87. The topological polar surface area (TPSA) is 106 Å². The number of carbonyl (C=O) groups is 1. The SMILES string of the molecule is COc1cccc(CNc2nccc(-c3cc(NC(=O)O)c4cc(OC)ccc4c3)n2)c1. The van der Waals surface area contributed by atoms with E-state index >= 15 is 0 Å². The van der Waals surface area contributed by atoms with Gasteiger partial charge in [0.05, 0.1) is 25.6 Å².